The highest BCUT2D eigenvalue weighted by molar-refractivity contribution is 5.90. The number of amides is 2. The van der Waals surface area contributed by atoms with Gasteiger partial charge in [-0.25, -0.2) is 19.6 Å². The molecule has 11 heteroatoms. The number of carbonyl (C=O) groups is 3. The summed E-state index contributed by atoms with van der Waals surface area (Å²) in [6, 6.07) is 5.28. The highest BCUT2D eigenvalue weighted by Gasteiger charge is 2.51. The Hall–Kier alpha value is -3.73. The summed E-state index contributed by atoms with van der Waals surface area (Å²) in [6.45, 7) is 7.54. The van der Waals surface area contributed by atoms with Gasteiger partial charge >= 0.3 is 12.1 Å². The lowest BCUT2D eigenvalue weighted by atomic mass is 9.85. The third-order valence-corrected chi connectivity index (χ3v) is 7.93. The second-order valence-corrected chi connectivity index (χ2v) is 12.4. The zero-order chi connectivity index (χ0) is 29.4. The van der Waals surface area contributed by atoms with Gasteiger partial charge in [0, 0.05) is 12.8 Å². The molecular formula is C30H38N4O7. The van der Waals surface area contributed by atoms with Crippen molar-refractivity contribution >= 4 is 29.0 Å². The fourth-order valence-corrected chi connectivity index (χ4v) is 5.81. The van der Waals surface area contributed by atoms with Crippen molar-refractivity contribution in [2.24, 2.45) is 5.41 Å². The van der Waals surface area contributed by atoms with E-state index < -0.39 is 47.2 Å². The maximum atomic E-state index is 14.0. The molecule has 5 atom stereocenters. The molecule has 2 aliphatic heterocycles. The number of aromatic nitrogens is 2. The van der Waals surface area contributed by atoms with Crippen LogP contribution in [-0.2, 0) is 25.5 Å². The summed E-state index contributed by atoms with van der Waals surface area (Å²) in [5.41, 5.74) is 0.164. The van der Waals surface area contributed by atoms with Gasteiger partial charge in [-0.1, -0.05) is 45.1 Å². The molecule has 220 valence electrons. The summed E-state index contributed by atoms with van der Waals surface area (Å²) in [7, 11) is 0. The number of hydrogen-bond acceptors (Lipinski definition) is 8. The van der Waals surface area contributed by atoms with Crippen molar-refractivity contribution in [2.75, 3.05) is 13.2 Å². The maximum Gasteiger partial charge on any atom is 0.408 e. The molecule has 2 amide bonds. The van der Waals surface area contributed by atoms with Gasteiger partial charge in [0.1, 0.15) is 29.5 Å². The summed E-state index contributed by atoms with van der Waals surface area (Å²) in [6.07, 6.45) is 5.12. The Morgan fingerprint density at radius 3 is 2.51 bits per heavy atom. The number of para-hydroxylation sites is 2. The van der Waals surface area contributed by atoms with Crippen LogP contribution >= 0.6 is 0 Å². The van der Waals surface area contributed by atoms with Crippen molar-refractivity contribution < 1.29 is 33.7 Å². The summed E-state index contributed by atoms with van der Waals surface area (Å²) in [4.78, 5) is 50.2. The van der Waals surface area contributed by atoms with Crippen molar-refractivity contribution in [3.05, 3.63) is 42.1 Å². The van der Waals surface area contributed by atoms with Crippen LogP contribution in [0.2, 0.25) is 0 Å². The molecule has 2 fully saturated rings. The van der Waals surface area contributed by atoms with Crippen molar-refractivity contribution in [1.82, 2.24) is 20.2 Å². The quantitative estimate of drug-likeness (QED) is 0.495. The van der Waals surface area contributed by atoms with E-state index in [0.29, 0.717) is 42.1 Å². The van der Waals surface area contributed by atoms with Crippen LogP contribution in [0.4, 0.5) is 4.79 Å². The number of alkyl carbamates (subject to hydrolysis) is 1. The number of carboxylic acids is 1. The predicted octanol–water partition coefficient (Wildman–Crippen LogP) is 3.64. The monoisotopic (exact) mass is 566 g/mol. The van der Waals surface area contributed by atoms with Gasteiger partial charge in [0.05, 0.1) is 30.3 Å². The third kappa shape index (κ3) is 6.29. The van der Waals surface area contributed by atoms with E-state index >= 15 is 0 Å². The number of benzene rings is 1. The Bertz CT molecular complexity index is 1360. The highest BCUT2D eigenvalue weighted by atomic mass is 16.6. The Morgan fingerprint density at radius 2 is 1.80 bits per heavy atom. The Morgan fingerprint density at radius 1 is 1.10 bits per heavy atom. The molecule has 1 aromatic heterocycles. The number of rotatable bonds is 1. The zero-order valence-corrected chi connectivity index (χ0v) is 24.0. The number of allylic oxidation sites excluding steroid dienone is 1. The van der Waals surface area contributed by atoms with E-state index in [-0.39, 0.29) is 19.1 Å². The second-order valence-electron chi connectivity index (χ2n) is 12.4. The van der Waals surface area contributed by atoms with Gasteiger partial charge in [-0.2, -0.15) is 0 Å². The lowest BCUT2D eigenvalue weighted by molar-refractivity contribution is -0.150. The average Bonchev–Trinajstić information content (AvgIpc) is 3.49. The van der Waals surface area contributed by atoms with Crippen LogP contribution in [0.1, 0.15) is 59.1 Å². The van der Waals surface area contributed by atoms with E-state index in [1.165, 1.54) is 4.90 Å². The lowest BCUT2D eigenvalue weighted by Crippen LogP contribution is -2.57. The third-order valence-electron chi connectivity index (χ3n) is 7.93. The number of nitrogens with one attached hydrogen (secondary N) is 1. The maximum absolute atomic E-state index is 14.0. The van der Waals surface area contributed by atoms with Gasteiger partial charge in [-0.05, 0) is 43.7 Å². The minimum absolute atomic E-state index is 0.00552. The standard InChI is InChI=1S/C30H38N4O7/c1-29(2,3)24-26(35)34-17-30(4,16-21(34)27(36)37)41-25-20(31-18-10-5-6-11-19(18)32-25)12-7-8-15-39-22-13-9-14-23(22)40-28(38)33-24/h5-8,10-11,21-24H,9,12-17H2,1-4H3,(H,33,38)(H,36,37)/b8-7+/t21-,22+,23+,24+,30+/m0/s1. The fourth-order valence-electron chi connectivity index (χ4n) is 5.81. The molecule has 2 aromatic rings. The van der Waals surface area contributed by atoms with Crippen LogP contribution in [0.3, 0.4) is 0 Å². The molecule has 3 heterocycles. The molecule has 2 bridgehead atoms. The van der Waals surface area contributed by atoms with E-state index in [0.717, 1.165) is 12.8 Å². The topological polar surface area (TPSA) is 140 Å². The number of carboxylic acid groups (broad SMARTS) is 1. The molecule has 1 aliphatic carbocycles. The number of fused-ring (bicyclic) bond motifs is 5. The second kappa shape index (κ2) is 11.3. The van der Waals surface area contributed by atoms with Gasteiger partial charge in [0.15, 0.2) is 0 Å². The lowest BCUT2D eigenvalue weighted by Gasteiger charge is -2.35. The smallest absolute Gasteiger partial charge is 0.408 e. The van der Waals surface area contributed by atoms with E-state index in [1.54, 1.807) is 6.92 Å². The fraction of sp³-hybridized carbons (Fsp3) is 0.567. The van der Waals surface area contributed by atoms with Gasteiger partial charge < -0.3 is 29.5 Å². The molecule has 0 spiro atoms. The Labute approximate surface area is 239 Å². The first-order valence-corrected chi connectivity index (χ1v) is 14.2. The normalized spacial score (nSPS) is 30.3. The van der Waals surface area contributed by atoms with Gasteiger partial charge in [-0.15, -0.1) is 0 Å². The van der Waals surface area contributed by atoms with Crippen molar-refractivity contribution in [2.45, 2.75) is 89.7 Å². The highest BCUT2D eigenvalue weighted by Crippen LogP contribution is 2.35. The number of ether oxygens (including phenoxy) is 3. The largest absolute Gasteiger partial charge is 0.480 e. The van der Waals surface area contributed by atoms with E-state index in [1.807, 2.05) is 57.2 Å². The molecule has 11 nitrogen and oxygen atoms in total. The number of nitrogens with zero attached hydrogens (tertiary/aromatic N) is 3. The molecule has 0 unspecified atom stereocenters. The SMILES string of the molecule is CC(C)(C)[C@@H]1NC(=O)O[C@@H]2CCC[C@H]2OC/C=C/Cc2nc3ccccc3nc2O[C@]2(C)C[C@@H](C(=O)O)N(C2)C1=O. The number of carbonyl (C=O) groups excluding carboxylic acids is 2. The Balaban J connectivity index is 1.54. The van der Waals surface area contributed by atoms with E-state index in [4.69, 9.17) is 24.2 Å². The molecule has 41 heavy (non-hydrogen) atoms. The summed E-state index contributed by atoms with van der Waals surface area (Å²) < 4.78 is 18.2. The summed E-state index contributed by atoms with van der Waals surface area (Å²) >= 11 is 0. The first kappa shape index (κ1) is 28.8. The average molecular weight is 567 g/mol. The molecule has 1 aromatic carbocycles. The van der Waals surface area contributed by atoms with Crippen LogP contribution in [0, 0.1) is 5.41 Å². The van der Waals surface area contributed by atoms with Crippen LogP contribution in [0.15, 0.2) is 36.4 Å². The molecule has 0 radical (unpaired) electrons. The van der Waals surface area contributed by atoms with E-state index in [9.17, 15) is 19.5 Å². The van der Waals surface area contributed by atoms with Gasteiger partial charge in [-0.3, -0.25) is 4.79 Å². The summed E-state index contributed by atoms with van der Waals surface area (Å²) in [5.74, 6) is -1.37. The molecule has 2 N–H and O–H groups in total. The van der Waals surface area contributed by atoms with Crippen LogP contribution < -0.4 is 10.1 Å². The number of aliphatic carboxylic acids is 1. The van der Waals surface area contributed by atoms with Crippen LogP contribution in [0.25, 0.3) is 11.0 Å². The molecule has 3 aliphatic rings. The minimum atomic E-state index is -1.15. The summed E-state index contributed by atoms with van der Waals surface area (Å²) in [5, 5.41) is 12.9. The molecular weight excluding hydrogens is 528 g/mol. The first-order valence-electron chi connectivity index (χ1n) is 14.2. The zero-order valence-electron chi connectivity index (χ0n) is 24.0. The van der Waals surface area contributed by atoms with Gasteiger partial charge in [0.2, 0.25) is 11.8 Å². The Kier molecular flexibility index (Phi) is 7.91. The van der Waals surface area contributed by atoms with Crippen LogP contribution in [0.5, 0.6) is 5.88 Å². The van der Waals surface area contributed by atoms with Gasteiger partial charge in [0.25, 0.3) is 0 Å². The predicted molar refractivity (Wildman–Crippen MR) is 149 cm³/mol. The molecule has 1 saturated carbocycles. The van der Waals surface area contributed by atoms with Crippen molar-refractivity contribution in [1.29, 1.82) is 0 Å². The van der Waals surface area contributed by atoms with Crippen molar-refractivity contribution in [3.8, 4) is 5.88 Å². The molecule has 5 rings (SSSR count). The van der Waals surface area contributed by atoms with E-state index in [2.05, 4.69) is 5.32 Å². The first-order chi connectivity index (χ1) is 19.4. The number of hydrogen-bond donors (Lipinski definition) is 2. The minimum Gasteiger partial charge on any atom is -0.480 e. The van der Waals surface area contributed by atoms with Crippen LogP contribution in [-0.4, -0.2) is 81.0 Å². The molecule has 1 saturated heterocycles. The van der Waals surface area contributed by atoms with Crippen molar-refractivity contribution in [3.63, 3.8) is 0 Å².